The van der Waals surface area contributed by atoms with Crippen molar-refractivity contribution in [2.75, 3.05) is 0 Å². The summed E-state index contributed by atoms with van der Waals surface area (Å²) in [5.41, 5.74) is 0.286. The first-order chi connectivity index (χ1) is 10.8. The molecule has 0 aliphatic rings. The zero-order chi connectivity index (χ0) is 17.0. The summed E-state index contributed by atoms with van der Waals surface area (Å²) in [4.78, 5) is 27.5. The summed E-state index contributed by atoms with van der Waals surface area (Å²) in [7, 11) is 0. The summed E-state index contributed by atoms with van der Waals surface area (Å²) < 4.78 is 38.1. The van der Waals surface area contributed by atoms with Gasteiger partial charge >= 0.3 is 6.18 Å². The molecule has 0 N–H and O–H groups in total. The van der Waals surface area contributed by atoms with E-state index in [1.165, 1.54) is 36.4 Å². The van der Waals surface area contributed by atoms with Crippen LogP contribution in [-0.2, 0) is 4.79 Å². The Balaban J connectivity index is 2.32. The maximum Gasteiger partial charge on any atom is 0.451 e. The molecule has 120 valence electrons. The van der Waals surface area contributed by atoms with Gasteiger partial charge in [0, 0.05) is 11.2 Å². The van der Waals surface area contributed by atoms with Gasteiger partial charge in [0.05, 0.1) is 10.6 Å². The predicted molar refractivity (Wildman–Crippen MR) is 82.8 cm³/mol. The molecule has 1 heterocycles. The number of nitrogens with zero attached hydrogens (tertiary/aromatic N) is 1. The van der Waals surface area contributed by atoms with Gasteiger partial charge in [0.2, 0.25) is 0 Å². The lowest BCUT2D eigenvalue weighted by atomic mass is 9.98. The number of halogens is 4. The maximum atomic E-state index is 12.7. The van der Waals surface area contributed by atoms with E-state index < -0.39 is 23.7 Å². The fourth-order valence-electron chi connectivity index (χ4n) is 1.69. The number of carbonyl (C=O) groups is 2. The van der Waals surface area contributed by atoms with E-state index in [0.717, 1.165) is 17.6 Å². The fraction of sp³-hybridized carbons (Fsp3) is 0.133. The van der Waals surface area contributed by atoms with Crippen LogP contribution in [0.1, 0.15) is 9.67 Å². The Labute approximate surface area is 138 Å². The van der Waals surface area contributed by atoms with Gasteiger partial charge in [-0.15, -0.1) is 11.3 Å². The third-order valence-corrected chi connectivity index (χ3v) is 3.94. The number of Topliss-reactive ketones (excluding diaryl/α,β-unsaturated/α-hetero) is 2. The number of hydrogen-bond donors (Lipinski definition) is 0. The summed E-state index contributed by atoms with van der Waals surface area (Å²) >= 11 is 6.66. The van der Waals surface area contributed by atoms with Crippen molar-refractivity contribution < 1.29 is 22.8 Å². The number of carbonyl (C=O) groups excluding carboxylic acids is 2. The lowest BCUT2D eigenvalue weighted by molar-refractivity contribution is -0.171. The molecule has 8 heteroatoms. The monoisotopic (exact) mass is 359 g/mol. The van der Waals surface area contributed by atoms with Crippen LogP contribution in [0.3, 0.4) is 0 Å². The molecule has 1 unspecified atom stereocenters. The van der Waals surface area contributed by atoms with Gasteiger partial charge < -0.3 is 0 Å². The van der Waals surface area contributed by atoms with Gasteiger partial charge in [0.15, 0.2) is 5.78 Å². The molecule has 1 atom stereocenters. The number of benzene rings is 1. The molecule has 3 nitrogen and oxygen atoms in total. The van der Waals surface area contributed by atoms with E-state index in [0.29, 0.717) is 5.02 Å². The molecule has 1 aromatic carbocycles. The Kier molecular flexibility index (Phi) is 5.33. The van der Waals surface area contributed by atoms with Gasteiger partial charge in [-0.25, -0.2) is 0 Å². The van der Waals surface area contributed by atoms with E-state index in [4.69, 9.17) is 11.6 Å². The lowest BCUT2D eigenvalue weighted by Crippen LogP contribution is -2.36. The first kappa shape index (κ1) is 17.4. The molecule has 2 aromatic rings. The molecule has 0 spiro atoms. The molecule has 0 amide bonds. The van der Waals surface area contributed by atoms with Crippen LogP contribution in [0.25, 0.3) is 0 Å². The molecule has 0 aliphatic heterocycles. The van der Waals surface area contributed by atoms with E-state index >= 15 is 0 Å². The van der Waals surface area contributed by atoms with Crippen molar-refractivity contribution in [2.24, 2.45) is 10.9 Å². The summed E-state index contributed by atoms with van der Waals surface area (Å²) in [6.45, 7) is 0. The van der Waals surface area contributed by atoms with Crippen molar-refractivity contribution in [1.82, 2.24) is 0 Å². The Morgan fingerprint density at radius 1 is 1.17 bits per heavy atom. The van der Waals surface area contributed by atoms with Gasteiger partial charge in [-0.3, -0.25) is 14.6 Å². The molecular formula is C15H9ClF3NO2S. The predicted octanol–water partition coefficient (Wildman–Crippen LogP) is 4.73. The second-order valence-electron chi connectivity index (χ2n) is 4.44. The normalized spacial score (nSPS) is 13.2. The zero-order valence-electron chi connectivity index (χ0n) is 11.4. The van der Waals surface area contributed by atoms with E-state index in [1.807, 2.05) is 0 Å². The van der Waals surface area contributed by atoms with Crippen LogP contribution in [0.15, 0.2) is 46.8 Å². The molecule has 0 saturated carbocycles. The van der Waals surface area contributed by atoms with Crippen LogP contribution in [0, 0.1) is 5.92 Å². The quantitative estimate of drug-likeness (QED) is 0.440. The van der Waals surface area contributed by atoms with Crippen LogP contribution < -0.4 is 0 Å². The van der Waals surface area contributed by atoms with E-state index in [-0.39, 0.29) is 10.6 Å². The summed E-state index contributed by atoms with van der Waals surface area (Å²) in [5, 5.41) is 1.97. The minimum atomic E-state index is -5.12. The van der Waals surface area contributed by atoms with E-state index in [1.54, 1.807) is 5.38 Å². The van der Waals surface area contributed by atoms with Crippen molar-refractivity contribution in [3.63, 3.8) is 0 Å². The highest BCUT2D eigenvalue weighted by molar-refractivity contribution is 7.12. The second kappa shape index (κ2) is 7.06. The number of hydrogen-bond acceptors (Lipinski definition) is 4. The smallest absolute Gasteiger partial charge is 0.292 e. The molecule has 1 aromatic heterocycles. The highest BCUT2D eigenvalue weighted by Crippen LogP contribution is 2.25. The molecule has 0 fully saturated rings. The molecule has 0 aliphatic carbocycles. The molecule has 2 rings (SSSR count). The SMILES string of the molecule is O=C(c1cccs1)C(C=Nc1ccc(Cl)cc1)C(=O)C(F)(F)F. The maximum absolute atomic E-state index is 12.7. The van der Waals surface area contributed by atoms with Crippen molar-refractivity contribution in [2.45, 2.75) is 6.18 Å². The highest BCUT2D eigenvalue weighted by Gasteiger charge is 2.45. The van der Waals surface area contributed by atoms with E-state index in [2.05, 4.69) is 4.99 Å². The average molecular weight is 360 g/mol. The van der Waals surface area contributed by atoms with Crippen molar-refractivity contribution in [1.29, 1.82) is 0 Å². The van der Waals surface area contributed by atoms with E-state index in [9.17, 15) is 22.8 Å². The first-order valence-corrected chi connectivity index (χ1v) is 7.53. The van der Waals surface area contributed by atoms with Crippen molar-refractivity contribution in [3.8, 4) is 0 Å². The summed E-state index contributed by atoms with van der Waals surface area (Å²) in [6, 6.07) is 8.79. The number of ketones is 2. The first-order valence-electron chi connectivity index (χ1n) is 6.27. The zero-order valence-corrected chi connectivity index (χ0v) is 13.0. The number of alkyl halides is 3. The Bertz CT molecular complexity index is 724. The van der Waals surface area contributed by atoms with Crippen LogP contribution >= 0.6 is 22.9 Å². The fourth-order valence-corrected chi connectivity index (χ4v) is 2.52. The highest BCUT2D eigenvalue weighted by atomic mass is 35.5. The molecule has 0 bridgehead atoms. The van der Waals surface area contributed by atoms with Crippen LogP contribution in [-0.4, -0.2) is 24.0 Å². The Hall–Kier alpha value is -1.99. The molecule has 23 heavy (non-hydrogen) atoms. The Morgan fingerprint density at radius 2 is 1.83 bits per heavy atom. The third kappa shape index (κ3) is 4.49. The molecule has 0 radical (unpaired) electrons. The second-order valence-corrected chi connectivity index (χ2v) is 5.82. The number of aliphatic imine (C=N–C) groups is 1. The molecule has 0 saturated heterocycles. The number of thiophene rings is 1. The third-order valence-electron chi connectivity index (χ3n) is 2.81. The number of rotatable bonds is 5. The van der Waals surface area contributed by atoms with Gasteiger partial charge in [-0.2, -0.15) is 13.2 Å². The standard InChI is InChI=1S/C15H9ClF3NO2S/c16-9-3-5-10(6-4-9)20-8-11(14(22)15(17,18)19)13(21)12-2-1-7-23-12/h1-8,11H. The van der Waals surface area contributed by atoms with Gasteiger partial charge in [0.1, 0.15) is 5.92 Å². The Morgan fingerprint density at radius 3 is 2.35 bits per heavy atom. The average Bonchev–Trinajstić information content (AvgIpc) is 3.02. The minimum absolute atomic E-state index is 0.0650. The van der Waals surface area contributed by atoms with Crippen LogP contribution in [0.2, 0.25) is 5.02 Å². The topological polar surface area (TPSA) is 46.5 Å². The minimum Gasteiger partial charge on any atom is -0.292 e. The largest absolute Gasteiger partial charge is 0.451 e. The lowest BCUT2D eigenvalue weighted by Gasteiger charge is -2.11. The van der Waals surface area contributed by atoms with Gasteiger partial charge in [-0.1, -0.05) is 17.7 Å². The van der Waals surface area contributed by atoms with Crippen molar-refractivity contribution >= 4 is 46.4 Å². The van der Waals surface area contributed by atoms with Crippen LogP contribution in [0.5, 0.6) is 0 Å². The summed E-state index contributed by atoms with van der Waals surface area (Å²) in [5.74, 6) is -5.09. The molecular weight excluding hydrogens is 351 g/mol. The van der Waals surface area contributed by atoms with Gasteiger partial charge in [-0.05, 0) is 35.7 Å². The van der Waals surface area contributed by atoms with Gasteiger partial charge in [0.25, 0.3) is 5.78 Å². The van der Waals surface area contributed by atoms with Crippen molar-refractivity contribution in [3.05, 3.63) is 51.7 Å². The summed E-state index contributed by atoms with van der Waals surface area (Å²) in [6.07, 6.45) is -4.40. The van der Waals surface area contributed by atoms with Crippen LogP contribution in [0.4, 0.5) is 18.9 Å².